The third-order valence-electron chi connectivity index (χ3n) is 3.01. The summed E-state index contributed by atoms with van der Waals surface area (Å²) in [6, 6.07) is 9.05. The minimum atomic E-state index is 0.136. The first-order chi connectivity index (χ1) is 9.10. The normalized spacial score (nSPS) is 11.9. The molecule has 1 rings (SSSR count). The second-order valence-corrected chi connectivity index (χ2v) is 6.94. The molecule has 0 aliphatic carbocycles. The third-order valence-corrected chi connectivity index (χ3v) is 4.06. The molecule has 1 unspecified atom stereocenters. The summed E-state index contributed by atoms with van der Waals surface area (Å²) < 4.78 is 0. The highest BCUT2D eigenvalue weighted by molar-refractivity contribution is 8.13. The van der Waals surface area contributed by atoms with E-state index in [0.717, 1.165) is 5.92 Å². The Morgan fingerprint density at radius 1 is 1.05 bits per heavy atom. The topological polar surface area (TPSA) is 0 Å². The molecule has 0 spiro atoms. The fourth-order valence-corrected chi connectivity index (χ4v) is 2.81. The zero-order chi connectivity index (χ0) is 14.7. The number of benzene rings is 1. The van der Waals surface area contributed by atoms with Crippen LogP contribution >= 0.6 is 10.5 Å². The second-order valence-electron chi connectivity index (χ2n) is 5.19. The van der Waals surface area contributed by atoms with Crippen molar-refractivity contribution in [1.29, 1.82) is 0 Å². The Morgan fingerprint density at radius 2 is 1.58 bits per heavy atom. The van der Waals surface area contributed by atoms with Gasteiger partial charge in [0.15, 0.2) is 0 Å². The number of rotatable bonds is 6. The summed E-state index contributed by atoms with van der Waals surface area (Å²) in [5, 5.41) is 0. The van der Waals surface area contributed by atoms with Crippen LogP contribution in [0.15, 0.2) is 29.2 Å². The summed E-state index contributed by atoms with van der Waals surface area (Å²) in [6.45, 7) is 8.80. The van der Waals surface area contributed by atoms with E-state index >= 15 is 0 Å². The average Bonchev–Trinajstić information content (AvgIpc) is 2.39. The van der Waals surface area contributed by atoms with Crippen LogP contribution in [0.25, 0.3) is 0 Å². The van der Waals surface area contributed by atoms with Crippen LogP contribution in [-0.2, 0) is 0 Å². The number of hydrogen-bond donors (Lipinski definition) is 0. The predicted octanol–water partition coefficient (Wildman–Crippen LogP) is 6.48. The quantitative estimate of drug-likeness (QED) is 0.523. The molecule has 1 heteroatoms. The zero-order valence-corrected chi connectivity index (χ0v) is 14.4. The van der Waals surface area contributed by atoms with E-state index in [9.17, 15) is 0 Å². The summed E-state index contributed by atoms with van der Waals surface area (Å²) in [7, 11) is 0.136. The summed E-state index contributed by atoms with van der Waals surface area (Å²) in [5.74, 6) is 4.88. The molecule has 0 fully saturated rings. The lowest BCUT2D eigenvalue weighted by Crippen LogP contribution is -1.98. The van der Waals surface area contributed by atoms with Crippen molar-refractivity contribution in [2.24, 2.45) is 0 Å². The largest absolute Gasteiger partial charge is 0.165 e. The Hall–Kier alpha value is -0.560. The maximum Gasteiger partial charge on any atom is 0.00114 e. The maximum absolute atomic E-state index is 4.13. The first kappa shape index (κ1) is 18.4. The highest BCUT2D eigenvalue weighted by Gasteiger charge is 2.09. The molecule has 0 heterocycles. The average molecular weight is 281 g/mol. The Balaban J connectivity index is 0.000000982. The zero-order valence-electron chi connectivity index (χ0n) is 13.5. The lowest BCUT2D eigenvalue weighted by atomic mass is 9.90. The van der Waals surface area contributed by atoms with Gasteiger partial charge in [-0.15, -0.1) is 0 Å². The Morgan fingerprint density at radius 3 is 2.00 bits per heavy atom. The summed E-state index contributed by atoms with van der Waals surface area (Å²) in [6.07, 6.45) is 8.61. The van der Waals surface area contributed by atoms with Gasteiger partial charge in [0.1, 0.15) is 0 Å². The van der Waals surface area contributed by atoms with E-state index in [1.165, 1.54) is 42.6 Å². The highest BCUT2D eigenvalue weighted by Crippen LogP contribution is 2.30. The van der Waals surface area contributed by atoms with Crippen LogP contribution in [0.5, 0.6) is 0 Å². The summed E-state index contributed by atoms with van der Waals surface area (Å²) in [5.41, 5.74) is 1.52. The molecule has 19 heavy (non-hydrogen) atoms. The van der Waals surface area contributed by atoms with Crippen LogP contribution in [0.2, 0.25) is 0 Å². The molecule has 0 aliphatic heterocycles. The van der Waals surface area contributed by atoms with Crippen LogP contribution in [0.1, 0.15) is 71.3 Å². The molecule has 0 saturated carbocycles. The van der Waals surface area contributed by atoms with Crippen molar-refractivity contribution in [2.75, 3.05) is 6.26 Å². The Kier molecular flexibility index (Phi) is 10.9. The first-order valence-electron chi connectivity index (χ1n) is 7.66. The molecular formula is C18H32S. The van der Waals surface area contributed by atoms with Gasteiger partial charge >= 0.3 is 0 Å². The van der Waals surface area contributed by atoms with E-state index < -0.39 is 0 Å². The van der Waals surface area contributed by atoms with E-state index in [1.54, 1.807) is 0 Å². The summed E-state index contributed by atoms with van der Waals surface area (Å²) >= 11 is 0. The molecule has 0 radical (unpaired) electrons. The SMILES string of the molecule is C=S(C)c1cccc(C(CCC)CCC)c1.CCC. The first-order valence-corrected chi connectivity index (χ1v) is 9.46. The van der Waals surface area contributed by atoms with Crippen LogP contribution in [0.3, 0.4) is 0 Å². The summed E-state index contributed by atoms with van der Waals surface area (Å²) in [4.78, 5) is 1.40. The van der Waals surface area contributed by atoms with Gasteiger partial charge in [-0.05, 0) is 42.7 Å². The Bertz CT molecular complexity index is 348. The van der Waals surface area contributed by atoms with Gasteiger partial charge in [-0.3, -0.25) is 0 Å². The molecule has 1 aromatic rings. The smallest absolute Gasteiger partial charge is 0.00114 e. The second kappa shape index (κ2) is 11.3. The van der Waals surface area contributed by atoms with Crippen LogP contribution in [0, 0.1) is 0 Å². The molecule has 1 aromatic carbocycles. The lowest BCUT2D eigenvalue weighted by molar-refractivity contribution is 0.560. The molecule has 0 amide bonds. The predicted molar refractivity (Wildman–Crippen MR) is 93.9 cm³/mol. The van der Waals surface area contributed by atoms with Gasteiger partial charge in [-0.25, -0.2) is 0 Å². The van der Waals surface area contributed by atoms with Gasteiger partial charge < -0.3 is 0 Å². The van der Waals surface area contributed by atoms with Crippen LogP contribution in [0.4, 0.5) is 0 Å². The van der Waals surface area contributed by atoms with Crippen molar-refractivity contribution in [3.8, 4) is 0 Å². The third kappa shape index (κ3) is 7.57. The van der Waals surface area contributed by atoms with E-state index in [1.807, 2.05) is 0 Å². The molecule has 110 valence electrons. The fraction of sp³-hybridized carbons (Fsp3) is 0.611. The van der Waals surface area contributed by atoms with Gasteiger partial charge in [-0.2, -0.15) is 10.5 Å². The van der Waals surface area contributed by atoms with Crippen molar-refractivity contribution in [1.82, 2.24) is 0 Å². The van der Waals surface area contributed by atoms with Crippen molar-refractivity contribution in [3.63, 3.8) is 0 Å². The van der Waals surface area contributed by atoms with E-state index in [4.69, 9.17) is 0 Å². The van der Waals surface area contributed by atoms with Crippen molar-refractivity contribution in [3.05, 3.63) is 29.8 Å². The van der Waals surface area contributed by atoms with Gasteiger partial charge in [0.2, 0.25) is 0 Å². The molecule has 0 saturated heterocycles. The molecule has 0 aliphatic rings. The van der Waals surface area contributed by atoms with Gasteiger partial charge in [0, 0.05) is 4.90 Å². The minimum absolute atomic E-state index is 0.136. The lowest BCUT2D eigenvalue weighted by Gasteiger charge is -2.16. The van der Waals surface area contributed by atoms with E-state index in [2.05, 4.69) is 64.1 Å². The maximum atomic E-state index is 4.13. The number of hydrogen-bond acceptors (Lipinski definition) is 0. The Labute approximate surface area is 123 Å². The molecule has 0 aromatic heterocycles. The van der Waals surface area contributed by atoms with Crippen LogP contribution < -0.4 is 0 Å². The highest BCUT2D eigenvalue weighted by atomic mass is 32.2. The van der Waals surface area contributed by atoms with Crippen molar-refractivity contribution >= 4 is 16.4 Å². The van der Waals surface area contributed by atoms with Crippen LogP contribution in [-0.4, -0.2) is 12.1 Å². The molecular weight excluding hydrogens is 248 g/mol. The standard InChI is InChI=1S/C15H24S.C3H8/c1-5-8-13(9-6-2)14-10-7-11-15(12-14)16(3)4;1-3-2/h7,10-13H,3,5-6,8-9H2,1-2,4H3;3H2,1-2H3. The van der Waals surface area contributed by atoms with Gasteiger partial charge in [-0.1, -0.05) is 65.0 Å². The van der Waals surface area contributed by atoms with E-state index in [-0.39, 0.29) is 10.5 Å². The van der Waals surface area contributed by atoms with Crippen molar-refractivity contribution in [2.45, 2.75) is 70.6 Å². The van der Waals surface area contributed by atoms with Crippen molar-refractivity contribution < 1.29 is 0 Å². The van der Waals surface area contributed by atoms with Gasteiger partial charge in [0.05, 0.1) is 0 Å². The molecule has 0 bridgehead atoms. The van der Waals surface area contributed by atoms with Gasteiger partial charge in [0.25, 0.3) is 0 Å². The molecule has 1 atom stereocenters. The molecule has 0 N–H and O–H groups in total. The minimum Gasteiger partial charge on any atom is -0.165 e. The van der Waals surface area contributed by atoms with E-state index in [0.29, 0.717) is 0 Å². The molecule has 0 nitrogen and oxygen atoms in total. The monoisotopic (exact) mass is 280 g/mol. The fourth-order valence-electron chi connectivity index (χ4n) is 2.16.